The molecule has 1 aromatic heterocycles. The Morgan fingerprint density at radius 2 is 2.15 bits per heavy atom. The van der Waals surface area contributed by atoms with Gasteiger partial charge in [0.15, 0.2) is 0 Å². The van der Waals surface area contributed by atoms with E-state index in [9.17, 15) is 14.4 Å². The fourth-order valence-corrected chi connectivity index (χ4v) is 2.39. The quantitative estimate of drug-likeness (QED) is 0.794. The first kappa shape index (κ1) is 14.2. The van der Waals surface area contributed by atoms with E-state index in [2.05, 4.69) is 10.4 Å². The van der Waals surface area contributed by atoms with Crippen molar-refractivity contribution in [3.8, 4) is 0 Å². The molecule has 7 nitrogen and oxygen atoms in total. The molecule has 0 aromatic carbocycles. The van der Waals surface area contributed by atoms with Crippen molar-refractivity contribution in [1.29, 1.82) is 0 Å². The second-order valence-corrected chi connectivity index (χ2v) is 4.76. The lowest BCUT2D eigenvalue weighted by atomic mass is 10.1. The number of nitrogens with zero attached hydrogens (tertiary/aromatic N) is 3. The van der Waals surface area contributed by atoms with Gasteiger partial charge in [-0.1, -0.05) is 6.92 Å². The molecule has 0 spiro atoms. The van der Waals surface area contributed by atoms with Crippen molar-refractivity contribution in [3.63, 3.8) is 0 Å². The maximum absolute atomic E-state index is 12.6. The Labute approximate surface area is 116 Å². The van der Waals surface area contributed by atoms with E-state index in [1.807, 2.05) is 13.8 Å². The van der Waals surface area contributed by atoms with Crippen LogP contribution in [-0.2, 0) is 16.1 Å². The summed E-state index contributed by atoms with van der Waals surface area (Å²) in [5.74, 6) is -1.20. The highest BCUT2D eigenvalue weighted by atomic mass is 16.2. The van der Waals surface area contributed by atoms with Crippen LogP contribution < -0.4 is 5.32 Å². The zero-order valence-electron chi connectivity index (χ0n) is 11.8. The molecular formula is C13H18N4O3. The highest BCUT2D eigenvalue weighted by Crippen LogP contribution is 2.15. The van der Waals surface area contributed by atoms with Crippen molar-refractivity contribution >= 4 is 17.7 Å². The molecule has 1 aliphatic heterocycles. The Morgan fingerprint density at radius 1 is 1.45 bits per heavy atom. The molecule has 0 saturated carbocycles. The van der Waals surface area contributed by atoms with E-state index in [0.717, 1.165) is 5.69 Å². The van der Waals surface area contributed by atoms with Crippen molar-refractivity contribution in [2.45, 2.75) is 39.8 Å². The molecule has 0 bridgehead atoms. The van der Waals surface area contributed by atoms with Crippen molar-refractivity contribution in [3.05, 3.63) is 17.5 Å². The van der Waals surface area contributed by atoms with Crippen molar-refractivity contribution in [1.82, 2.24) is 20.0 Å². The first-order valence-corrected chi connectivity index (χ1v) is 6.67. The molecule has 20 heavy (non-hydrogen) atoms. The lowest BCUT2D eigenvalue weighted by Crippen LogP contribution is -2.59. The zero-order valence-corrected chi connectivity index (χ0v) is 11.8. The summed E-state index contributed by atoms with van der Waals surface area (Å²) in [6.45, 7) is 5.95. The number of nitrogens with one attached hydrogen (secondary N) is 1. The van der Waals surface area contributed by atoms with Crippen LogP contribution in [0, 0.1) is 6.92 Å². The lowest BCUT2D eigenvalue weighted by molar-refractivity contribution is -0.138. The van der Waals surface area contributed by atoms with E-state index >= 15 is 0 Å². The third-order valence-corrected chi connectivity index (χ3v) is 3.32. The topological polar surface area (TPSA) is 84.3 Å². The van der Waals surface area contributed by atoms with Gasteiger partial charge in [-0.15, -0.1) is 0 Å². The first-order valence-electron chi connectivity index (χ1n) is 6.67. The number of hydrogen-bond donors (Lipinski definition) is 1. The van der Waals surface area contributed by atoms with Crippen molar-refractivity contribution in [2.75, 3.05) is 6.54 Å². The number of amides is 3. The molecule has 1 fully saturated rings. The van der Waals surface area contributed by atoms with Gasteiger partial charge >= 0.3 is 0 Å². The minimum absolute atomic E-state index is 0.100. The summed E-state index contributed by atoms with van der Waals surface area (Å²) in [6.07, 6.45) is 0.462. The van der Waals surface area contributed by atoms with Crippen LogP contribution in [0.25, 0.3) is 0 Å². The Hall–Kier alpha value is -2.18. The maximum Gasteiger partial charge on any atom is 0.273 e. The minimum Gasteiger partial charge on any atom is -0.316 e. The Kier molecular flexibility index (Phi) is 3.87. The van der Waals surface area contributed by atoms with Crippen molar-refractivity contribution in [2.24, 2.45) is 0 Å². The first-order chi connectivity index (χ1) is 9.47. The molecule has 1 saturated heterocycles. The summed E-state index contributed by atoms with van der Waals surface area (Å²) in [5.41, 5.74) is 1.14. The minimum atomic E-state index is -0.610. The van der Waals surface area contributed by atoms with Gasteiger partial charge in [0.05, 0.1) is 5.69 Å². The molecular weight excluding hydrogens is 260 g/mol. The lowest BCUT2D eigenvalue weighted by Gasteiger charge is -2.33. The van der Waals surface area contributed by atoms with E-state index in [4.69, 9.17) is 0 Å². The standard InChI is InChI=1S/C13H18N4O3/c1-4-9-12(19)14-11(18)7-16(9)13(20)10-6-8(3)15-17(10)5-2/h6,9H,4-5,7H2,1-3H3,(H,14,18,19). The summed E-state index contributed by atoms with van der Waals surface area (Å²) >= 11 is 0. The zero-order chi connectivity index (χ0) is 14.9. The molecule has 0 aliphatic carbocycles. The summed E-state index contributed by atoms with van der Waals surface area (Å²) in [4.78, 5) is 37.2. The predicted molar refractivity (Wildman–Crippen MR) is 70.9 cm³/mol. The smallest absolute Gasteiger partial charge is 0.273 e. The van der Waals surface area contributed by atoms with Crippen LogP contribution in [0.2, 0.25) is 0 Å². The Bertz CT molecular complexity index is 564. The van der Waals surface area contributed by atoms with Gasteiger partial charge in [-0.05, 0) is 26.3 Å². The average Bonchev–Trinajstić information content (AvgIpc) is 2.78. The molecule has 1 aliphatic rings. The summed E-state index contributed by atoms with van der Waals surface area (Å²) < 4.78 is 1.58. The number of carbonyl (C=O) groups is 3. The van der Waals surface area contributed by atoms with Gasteiger partial charge in [-0.3, -0.25) is 24.4 Å². The van der Waals surface area contributed by atoms with Gasteiger partial charge < -0.3 is 4.90 Å². The number of aromatic nitrogens is 2. The normalized spacial score (nSPS) is 19.1. The molecule has 1 unspecified atom stereocenters. The monoisotopic (exact) mass is 278 g/mol. The summed E-state index contributed by atoms with van der Waals surface area (Å²) in [6, 6.07) is 1.07. The molecule has 3 amide bonds. The van der Waals surface area contributed by atoms with Crippen LogP contribution in [0.5, 0.6) is 0 Å². The van der Waals surface area contributed by atoms with Crippen LogP contribution >= 0.6 is 0 Å². The molecule has 108 valence electrons. The van der Waals surface area contributed by atoms with E-state index in [1.54, 1.807) is 17.7 Å². The third kappa shape index (κ3) is 2.43. The second kappa shape index (κ2) is 5.44. The third-order valence-electron chi connectivity index (χ3n) is 3.32. The molecule has 7 heteroatoms. The highest BCUT2D eigenvalue weighted by Gasteiger charge is 2.36. The number of carbonyl (C=O) groups excluding carboxylic acids is 3. The molecule has 2 rings (SSSR count). The van der Waals surface area contributed by atoms with E-state index in [-0.39, 0.29) is 12.5 Å². The number of rotatable bonds is 3. The summed E-state index contributed by atoms with van der Waals surface area (Å²) in [5, 5.41) is 6.47. The van der Waals surface area contributed by atoms with Crippen molar-refractivity contribution < 1.29 is 14.4 Å². The van der Waals surface area contributed by atoms with Gasteiger partial charge in [0.25, 0.3) is 5.91 Å². The molecule has 2 heterocycles. The van der Waals surface area contributed by atoms with Crippen LogP contribution in [0.3, 0.4) is 0 Å². The number of hydrogen-bond acceptors (Lipinski definition) is 4. The average molecular weight is 278 g/mol. The van der Waals surface area contributed by atoms with Gasteiger partial charge in [0.2, 0.25) is 11.8 Å². The fourth-order valence-electron chi connectivity index (χ4n) is 2.39. The SMILES string of the molecule is CCC1C(=O)NC(=O)CN1C(=O)c1cc(C)nn1CC. The van der Waals surface area contributed by atoms with Crippen LogP contribution in [0.15, 0.2) is 6.07 Å². The van der Waals surface area contributed by atoms with Gasteiger partial charge in [0.1, 0.15) is 18.3 Å². The van der Waals surface area contributed by atoms with Crippen LogP contribution in [0.4, 0.5) is 0 Å². The number of piperazine rings is 1. The predicted octanol–water partition coefficient (Wildman–Crippen LogP) is 0.0886. The van der Waals surface area contributed by atoms with E-state index < -0.39 is 17.9 Å². The largest absolute Gasteiger partial charge is 0.316 e. The van der Waals surface area contributed by atoms with E-state index in [0.29, 0.717) is 18.7 Å². The van der Waals surface area contributed by atoms with E-state index in [1.165, 1.54) is 4.90 Å². The Morgan fingerprint density at radius 3 is 2.75 bits per heavy atom. The molecule has 0 radical (unpaired) electrons. The Balaban J connectivity index is 2.34. The number of aryl methyl sites for hydroxylation is 2. The van der Waals surface area contributed by atoms with Gasteiger partial charge in [0, 0.05) is 6.54 Å². The summed E-state index contributed by atoms with van der Waals surface area (Å²) in [7, 11) is 0. The number of imide groups is 1. The van der Waals surface area contributed by atoms with Crippen LogP contribution in [0.1, 0.15) is 36.5 Å². The highest BCUT2D eigenvalue weighted by molar-refractivity contribution is 6.06. The molecule has 1 N–H and O–H groups in total. The fraction of sp³-hybridized carbons (Fsp3) is 0.538. The van der Waals surface area contributed by atoms with Gasteiger partial charge in [-0.25, -0.2) is 0 Å². The second-order valence-electron chi connectivity index (χ2n) is 4.76. The van der Waals surface area contributed by atoms with Crippen LogP contribution in [-0.4, -0.2) is 45.0 Å². The molecule has 1 aromatic rings. The van der Waals surface area contributed by atoms with Gasteiger partial charge in [-0.2, -0.15) is 5.10 Å². The maximum atomic E-state index is 12.6. The molecule has 1 atom stereocenters.